The van der Waals surface area contributed by atoms with Crippen molar-refractivity contribution in [3.8, 4) is 5.75 Å². The molecule has 1 atom stereocenters. The van der Waals surface area contributed by atoms with Crippen LogP contribution in [0.2, 0.25) is 0 Å². The zero-order valence-electron chi connectivity index (χ0n) is 20.4. The van der Waals surface area contributed by atoms with Crippen LogP contribution in [0, 0.1) is 12.8 Å². The normalized spacial score (nSPS) is 17.3. The number of hydrogen-bond donors (Lipinski definition) is 1. The van der Waals surface area contributed by atoms with Gasteiger partial charge >= 0.3 is 0 Å². The van der Waals surface area contributed by atoms with Gasteiger partial charge in [0, 0.05) is 18.5 Å². The van der Waals surface area contributed by atoms with Crippen molar-refractivity contribution in [3.05, 3.63) is 82.6 Å². The second-order valence-corrected chi connectivity index (χ2v) is 9.78. The van der Waals surface area contributed by atoms with Crippen LogP contribution in [-0.2, 0) is 17.8 Å². The summed E-state index contributed by atoms with van der Waals surface area (Å²) >= 11 is 0. The number of hydrogen-bond acceptors (Lipinski definition) is 5. The van der Waals surface area contributed by atoms with Gasteiger partial charge in [0.15, 0.2) is 12.3 Å². The summed E-state index contributed by atoms with van der Waals surface area (Å²) in [6.07, 6.45) is 4.14. The molecule has 1 saturated carbocycles. The van der Waals surface area contributed by atoms with Crippen molar-refractivity contribution < 1.29 is 18.7 Å². The quantitative estimate of drug-likeness (QED) is 0.543. The van der Waals surface area contributed by atoms with Crippen molar-refractivity contribution >= 4 is 11.8 Å². The highest BCUT2D eigenvalue weighted by molar-refractivity contribution is 5.92. The molecule has 2 aromatic carbocycles. The molecule has 35 heavy (non-hydrogen) atoms. The van der Waals surface area contributed by atoms with Crippen molar-refractivity contribution in [2.45, 2.75) is 58.7 Å². The van der Waals surface area contributed by atoms with Crippen LogP contribution in [0.4, 0.5) is 0 Å². The summed E-state index contributed by atoms with van der Waals surface area (Å²) < 4.78 is 11.4. The van der Waals surface area contributed by atoms with Gasteiger partial charge in [-0.15, -0.1) is 0 Å². The monoisotopic (exact) mass is 473 g/mol. The van der Waals surface area contributed by atoms with Gasteiger partial charge in [0.1, 0.15) is 12.0 Å². The molecule has 7 nitrogen and oxygen atoms in total. The van der Waals surface area contributed by atoms with E-state index in [-0.39, 0.29) is 42.1 Å². The number of oxazole rings is 1. The second-order valence-electron chi connectivity index (χ2n) is 9.78. The first-order chi connectivity index (χ1) is 16.9. The lowest BCUT2D eigenvalue weighted by molar-refractivity contribution is -0.134. The second kappa shape index (κ2) is 9.56. The Morgan fingerprint density at radius 3 is 2.77 bits per heavy atom. The fourth-order valence-corrected chi connectivity index (χ4v) is 4.65. The van der Waals surface area contributed by atoms with Gasteiger partial charge in [-0.25, -0.2) is 4.98 Å². The summed E-state index contributed by atoms with van der Waals surface area (Å²) in [6.45, 7) is 6.68. The van der Waals surface area contributed by atoms with E-state index in [4.69, 9.17) is 9.15 Å². The predicted molar refractivity (Wildman–Crippen MR) is 131 cm³/mol. The average Bonchev–Trinajstić information content (AvgIpc) is 3.58. The van der Waals surface area contributed by atoms with Crippen LogP contribution in [-0.4, -0.2) is 34.3 Å². The molecular weight excluding hydrogens is 442 g/mol. The molecule has 182 valence electrons. The van der Waals surface area contributed by atoms with Crippen molar-refractivity contribution in [2.24, 2.45) is 5.92 Å². The molecule has 0 bridgehead atoms. The van der Waals surface area contributed by atoms with Crippen molar-refractivity contribution in [1.29, 1.82) is 0 Å². The van der Waals surface area contributed by atoms with Crippen LogP contribution in [0.3, 0.4) is 0 Å². The zero-order chi connectivity index (χ0) is 24.5. The standard InChI is InChI=1S/C28H31N3O4/c1-17(2)29-27(32)24-15-35-25(30-24)16-34-22-10-9-19-11-12-31(28(33)20-7-8-20)26(23(19)14-22)21-6-4-5-18(3)13-21/h4-6,9-10,13-15,17,20,26H,7-8,11-12,16H2,1-3H3,(H,29,32)/t26-/m1/s1. The van der Waals surface area contributed by atoms with Crippen LogP contribution in [0.25, 0.3) is 0 Å². The Hall–Kier alpha value is -3.61. The first-order valence-corrected chi connectivity index (χ1v) is 12.3. The Morgan fingerprint density at radius 2 is 2.03 bits per heavy atom. The van der Waals surface area contributed by atoms with Gasteiger partial charge in [-0.05, 0) is 68.9 Å². The summed E-state index contributed by atoms with van der Waals surface area (Å²) in [5, 5.41) is 2.80. The molecule has 0 radical (unpaired) electrons. The fourth-order valence-electron chi connectivity index (χ4n) is 4.65. The molecule has 3 aromatic rings. The molecule has 1 fully saturated rings. The Balaban J connectivity index is 1.39. The first kappa shape index (κ1) is 23.1. The number of nitrogens with zero attached hydrogens (tertiary/aromatic N) is 2. The largest absolute Gasteiger partial charge is 0.484 e. The van der Waals surface area contributed by atoms with Crippen LogP contribution >= 0.6 is 0 Å². The number of aryl methyl sites for hydroxylation is 1. The summed E-state index contributed by atoms with van der Waals surface area (Å²) in [7, 11) is 0. The molecule has 0 unspecified atom stereocenters. The molecule has 1 aliphatic heterocycles. The summed E-state index contributed by atoms with van der Waals surface area (Å²) in [5.41, 5.74) is 4.84. The van der Waals surface area contributed by atoms with Crippen LogP contribution in [0.1, 0.15) is 71.4 Å². The average molecular weight is 474 g/mol. The number of nitrogens with one attached hydrogen (secondary N) is 1. The van der Waals surface area contributed by atoms with Crippen molar-refractivity contribution in [3.63, 3.8) is 0 Å². The van der Waals surface area contributed by atoms with Gasteiger partial charge in [-0.3, -0.25) is 9.59 Å². The van der Waals surface area contributed by atoms with Crippen molar-refractivity contribution in [2.75, 3.05) is 6.54 Å². The number of amides is 2. The molecule has 1 aromatic heterocycles. The van der Waals surface area contributed by atoms with E-state index in [0.717, 1.165) is 36.9 Å². The molecular formula is C28H31N3O4. The molecule has 5 rings (SSSR count). The van der Waals surface area contributed by atoms with E-state index in [1.807, 2.05) is 30.9 Å². The summed E-state index contributed by atoms with van der Waals surface area (Å²) in [5.74, 6) is 1.15. The van der Waals surface area contributed by atoms with Crippen LogP contribution in [0.5, 0.6) is 5.75 Å². The van der Waals surface area contributed by atoms with E-state index < -0.39 is 0 Å². The number of carbonyl (C=O) groups excluding carboxylic acids is 2. The third-order valence-corrected chi connectivity index (χ3v) is 6.48. The third-order valence-electron chi connectivity index (χ3n) is 6.48. The lowest BCUT2D eigenvalue weighted by Crippen LogP contribution is -2.41. The highest BCUT2D eigenvalue weighted by atomic mass is 16.5. The molecule has 0 saturated heterocycles. The number of fused-ring (bicyclic) bond motifs is 1. The van der Waals surface area contributed by atoms with E-state index in [2.05, 4.69) is 47.6 Å². The Kier molecular flexibility index (Phi) is 6.32. The van der Waals surface area contributed by atoms with Gasteiger partial charge in [0.2, 0.25) is 11.8 Å². The van der Waals surface area contributed by atoms with E-state index in [9.17, 15) is 9.59 Å². The van der Waals surface area contributed by atoms with E-state index in [1.165, 1.54) is 17.4 Å². The summed E-state index contributed by atoms with van der Waals surface area (Å²) in [6, 6.07) is 14.3. The molecule has 2 aliphatic rings. The van der Waals surface area contributed by atoms with Gasteiger partial charge < -0.3 is 19.4 Å². The van der Waals surface area contributed by atoms with Crippen molar-refractivity contribution in [1.82, 2.24) is 15.2 Å². The van der Waals surface area contributed by atoms with Crippen LogP contribution < -0.4 is 10.1 Å². The lowest BCUT2D eigenvalue weighted by atomic mass is 9.87. The number of carbonyl (C=O) groups is 2. The zero-order valence-corrected chi connectivity index (χ0v) is 20.4. The minimum Gasteiger partial charge on any atom is -0.484 e. The number of ether oxygens (including phenoxy) is 1. The molecule has 1 N–H and O–H groups in total. The minimum atomic E-state index is -0.273. The highest BCUT2D eigenvalue weighted by Crippen LogP contribution is 2.41. The fraction of sp³-hybridized carbons (Fsp3) is 0.393. The summed E-state index contributed by atoms with van der Waals surface area (Å²) in [4.78, 5) is 31.6. The molecule has 2 amide bonds. The maximum atomic E-state index is 13.2. The van der Waals surface area contributed by atoms with E-state index >= 15 is 0 Å². The molecule has 2 heterocycles. The Morgan fingerprint density at radius 1 is 1.20 bits per heavy atom. The van der Waals surface area contributed by atoms with E-state index in [1.54, 1.807) is 0 Å². The molecule has 7 heteroatoms. The minimum absolute atomic E-state index is 0.0158. The first-order valence-electron chi connectivity index (χ1n) is 12.3. The smallest absolute Gasteiger partial charge is 0.273 e. The van der Waals surface area contributed by atoms with Crippen LogP contribution in [0.15, 0.2) is 53.1 Å². The Bertz CT molecular complexity index is 1240. The maximum absolute atomic E-state index is 13.2. The Labute approximate surface area is 205 Å². The van der Waals surface area contributed by atoms with E-state index in [0.29, 0.717) is 11.6 Å². The number of rotatable bonds is 7. The van der Waals surface area contributed by atoms with Gasteiger partial charge in [0.05, 0.1) is 6.04 Å². The number of benzene rings is 2. The topological polar surface area (TPSA) is 84.7 Å². The van der Waals surface area contributed by atoms with Gasteiger partial charge in [0.25, 0.3) is 5.91 Å². The predicted octanol–water partition coefficient (Wildman–Crippen LogP) is 4.58. The van der Waals surface area contributed by atoms with Gasteiger partial charge in [-0.2, -0.15) is 0 Å². The third kappa shape index (κ3) is 5.09. The maximum Gasteiger partial charge on any atom is 0.273 e. The number of aromatic nitrogens is 1. The SMILES string of the molecule is Cc1cccc([C@@H]2c3cc(OCc4nc(C(=O)NC(C)C)co4)ccc3CCN2C(=O)C2CC2)c1. The molecule has 1 aliphatic carbocycles. The van der Waals surface area contributed by atoms with Gasteiger partial charge in [-0.1, -0.05) is 35.9 Å². The highest BCUT2D eigenvalue weighted by Gasteiger charge is 2.39. The lowest BCUT2D eigenvalue weighted by Gasteiger charge is -2.38. The molecule has 0 spiro atoms.